The lowest BCUT2D eigenvalue weighted by atomic mass is 9.89. The van der Waals surface area contributed by atoms with Crippen LogP contribution in [0.4, 0.5) is 17.6 Å². The smallest absolute Gasteiger partial charge is 0.222 e. The minimum Gasteiger partial charge on any atom is -0.394 e. The largest absolute Gasteiger partial charge is 0.394 e. The van der Waals surface area contributed by atoms with Crippen molar-refractivity contribution < 1.29 is 9.84 Å². The number of nitrogen functional groups attached to an aromatic ring is 1. The summed E-state index contributed by atoms with van der Waals surface area (Å²) in [6, 6.07) is 4.54. The molecule has 0 spiro atoms. The van der Waals surface area contributed by atoms with E-state index in [2.05, 4.69) is 32.0 Å². The highest BCUT2D eigenvalue weighted by Crippen LogP contribution is 2.37. The molecule has 0 amide bonds. The summed E-state index contributed by atoms with van der Waals surface area (Å²) in [5.41, 5.74) is 10.3. The monoisotopic (exact) mass is 424 g/mol. The van der Waals surface area contributed by atoms with Crippen LogP contribution in [0.3, 0.4) is 0 Å². The molecule has 0 bridgehead atoms. The van der Waals surface area contributed by atoms with Gasteiger partial charge in [-0.05, 0) is 62.0 Å². The maximum Gasteiger partial charge on any atom is 0.222 e. The summed E-state index contributed by atoms with van der Waals surface area (Å²) in [5, 5.41) is 9.03. The van der Waals surface area contributed by atoms with Crippen molar-refractivity contribution >= 4 is 29.2 Å². The Balaban J connectivity index is 1.62. The number of aryl methyl sites for hydroxylation is 1. The molecule has 1 aliphatic heterocycles. The minimum absolute atomic E-state index is 0.0731. The van der Waals surface area contributed by atoms with Gasteiger partial charge >= 0.3 is 0 Å². The Bertz CT molecular complexity index is 936. The molecular formula is C23H32N6O2. The summed E-state index contributed by atoms with van der Waals surface area (Å²) in [6.45, 7) is 3.23. The number of aromatic nitrogens is 3. The molecule has 8 heteroatoms. The van der Waals surface area contributed by atoms with Crippen LogP contribution in [0.5, 0.6) is 0 Å². The molecule has 2 aromatic heterocycles. The Labute approximate surface area is 183 Å². The highest BCUT2D eigenvalue weighted by Gasteiger charge is 2.32. The first-order chi connectivity index (χ1) is 15.0. The topological polar surface area (TPSA) is 101 Å². The molecule has 0 aromatic carbocycles. The molecule has 2 aliphatic rings. The second-order valence-electron chi connectivity index (χ2n) is 8.53. The van der Waals surface area contributed by atoms with E-state index in [0.29, 0.717) is 18.6 Å². The van der Waals surface area contributed by atoms with E-state index in [1.165, 1.54) is 5.57 Å². The van der Waals surface area contributed by atoms with Crippen LogP contribution in [0.2, 0.25) is 0 Å². The van der Waals surface area contributed by atoms with Crippen LogP contribution >= 0.6 is 0 Å². The molecule has 0 atom stereocenters. The lowest BCUT2D eigenvalue weighted by Crippen LogP contribution is -2.42. The lowest BCUT2D eigenvalue weighted by molar-refractivity contribution is 0.00585. The molecule has 0 saturated heterocycles. The van der Waals surface area contributed by atoms with E-state index < -0.39 is 0 Å². The van der Waals surface area contributed by atoms with Crippen molar-refractivity contribution in [1.82, 2.24) is 15.0 Å². The normalized spacial score (nSPS) is 20.9. The molecule has 31 heavy (non-hydrogen) atoms. The summed E-state index contributed by atoms with van der Waals surface area (Å²) in [4.78, 5) is 18.0. The van der Waals surface area contributed by atoms with Gasteiger partial charge in [-0.2, -0.15) is 4.98 Å². The van der Waals surface area contributed by atoms with Crippen LogP contribution in [0.1, 0.15) is 42.5 Å². The second-order valence-corrected chi connectivity index (χ2v) is 8.53. The number of ether oxygens (including phenoxy) is 1. The van der Waals surface area contributed by atoms with Crippen molar-refractivity contribution in [1.29, 1.82) is 0 Å². The van der Waals surface area contributed by atoms with E-state index in [-0.39, 0.29) is 12.7 Å². The van der Waals surface area contributed by atoms with Crippen LogP contribution in [-0.2, 0) is 4.74 Å². The van der Waals surface area contributed by atoms with Gasteiger partial charge in [-0.15, -0.1) is 0 Å². The van der Waals surface area contributed by atoms with Gasteiger partial charge < -0.3 is 25.4 Å². The molecule has 3 heterocycles. The number of nitrogens with zero attached hydrogens (tertiary/aromatic N) is 5. The number of hydrogen-bond acceptors (Lipinski definition) is 8. The standard InChI is InChI=1S/C23H32N6O2/c1-15-20-12-17(16-4-9-21(25-13-16)28(2)3)14-29(22(20)27-23(24)26-15)18-5-7-19(8-6-18)31-11-10-30/h4,9,12-13,18-19,30H,5-8,10-11,14H2,1-3H3,(H2,24,26,27). The van der Waals surface area contributed by atoms with Gasteiger partial charge in [0.15, 0.2) is 0 Å². The molecule has 1 aliphatic carbocycles. The van der Waals surface area contributed by atoms with Crippen LogP contribution in [0.15, 0.2) is 18.3 Å². The van der Waals surface area contributed by atoms with Gasteiger partial charge in [-0.1, -0.05) is 0 Å². The fourth-order valence-corrected chi connectivity index (χ4v) is 4.51. The molecule has 1 saturated carbocycles. The first-order valence-electron chi connectivity index (χ1n) is 10.9. The van der Waals surface area contributed by atoms with E-state index >= 15 is 0 Å². The summed E-state index contributed by atoms with van der Waals surface area (Å²) < 4.78 is 5.76. The Morgan fingerprint density at radius 3 is 2.61 bits per heavy atom. The van der Waals surface area contributed by atoms with Crippen molar-refractivity contribution in [2.24, 2.45) is 0 Å². The Hall–Kier alpha value is -2.71. The molecule has 0 unspecified atom stereocenters. The Kier molecular flexibility index (Phi) is 6.38. The van der Waals surface area contributed by atoms with Crippen LogP contribution in [0.25, 0.3) is 11.6 Å². The first kappa shape index (κ1) is 21.5. The molecule has 1 fully saturated rings. The summed E-state index contributed by atoms with van der Waals surface area (Å²) in [6.07, 6.45) is 8.35. The molecule has 2 aromatic rings. The predicted octanol–water partition coefficient (Wildman–Crippen LogP) is 2.51. The van der Waals surface area contributed by atoms with Crippen molar-refractivity contribution in [3.8, 4) is 0 Å². The number of nitrogens with two attached hydrogens (primary N) is 1. The van der Waals surface area contributed by atoms with Crippen LogP contribution in [0, 0.1) is 6.92 Å². The van der Waals surface area contributed by atoms with E-state index in [4.69, 9.17) is 15.6 Å². The van der Waals surface area contributed by atoms with Gasteiger partial charge in [0.2, 0.25) is 5.95 Å². The maximum atomic E-state index is 9.03. The predicted molar refractivity (Wildman–Crippen MR) is 124 cm³/mol. The number of rotatable bonds is 6. The van der Waals surface area contributed by atoms with Crippen molar-refractivity contribution in [3.63, 3.8) is 0 Å². The minimum atomic E-state index is 0.0731. The molecule has 0 radical (unpaired) electrons. The SMILES string of the molecule is Cc1nc(N)nc2c1C=C(c1ccc(N(C)C)nc1)CN2C1CCC(OCCO)CC1. The van der Waals surface area contributed by atoms with Crippen molar-refractivity contribution in [2.45, 2.75) is 44.8 Å². The van der Waals surface area contributed by atoms with Gasteiger partial charge in [-0.3, -0.25) is 0 Å². The molecule has 4 rings (SSSR count). The lowest BCUT2D eigenvalue weighted by Gasteiger charge is -2.40. The van der Waals surface area contributed by atoms with E-state index in [1.54, 1.807) is 0 Å². The Morgan fingerprint density at radius 1 is 1.19 bits per heavy atom. The highest BCUT2D eigenvalue weighted by atomic mass is 16.5. The van der Waals surface area contributed by atoms with Crippen LogP contribution in [-0.4, -0.2) is 66.1 Å². The van der Waals surface area contributed by atoms with Crippen molar-refractivity contribution in [2.75, 3.05) is 49.4 Å². The fourth-order valence-electron chi connectivity index (χ4n) is 4.51. The molecular weight excluding hydrogens is 392 g/mol. The summed E-state index contributed by atoms with van der Waals surface area (Å²) >= 11 is 0. The number of pyridine rings is 1. The van der Waals surface area contributed by atoms with Gasteiger partial charge in [0.25, 0.3) is 0 Å². The highest BCUT2D eigenvalue weighted by molar-refractivity contribution is 5.91. The number of hydrogen-bond donors (Lipinski definition) is 2. The maximum absolute atomic E-state index is 9.03. The van der Waals surface area contributed by atoms with E-state index in [9.17, 15) is 0 Å². The third-order valence-corrected chi connectivity index (χ3v) is 6.17. The number of anilines is 3. The van der Waals surface area contributed by atoms with E-state index in [0.717, 1.165) is 60.7 Å². The Morgan fingerprint density at radius 2 is 1.97 bits per heavy atom. The zero-order valence-electron chi connectivity index (χ0n) is 18.6. The third-order valence-electron chi connectivity index (χ3n) is 6.17. The third kappa shape index (κ3) is 4.65. The number of aliphatic hydroxyl groups is 1. The van der Waals surface area contributed by atoms with Crippen LogP contribution < -0.4 is 15.5 Å². The molecule has 8 nitrogen and oxygen atoms in total. The van der Waals surface area contributed by atoms with Crippen molar-refractivity contribution in [3.05, 3.63) is 35.2 Å². The number of fused-ring (bicyclic) bond motifs is 1. The molecule has 166 valence electrons. The quantitative estimate of drug-likeness (QED) is 0.730. The number of aliphatic hydroxyl groups excluding tert-OH is 1. The first-order valence-corrected chi connectivity index (χ1v) is 10.9. The zero-order valence-corrected chi connectivity index (χ0v) is 18.6. The van der Waals surface area contributed by atoms with E-state index in [1.807, 2.05) is 38.2 Å². The van der Waals surface area contributed by atoms with Gasteiger partial charge in [0.1, 0.15) is 11.6 Å². The average molecular weight is 425 g/mol. The van der Waals surface area contributed by atoms with Gasteiger partial charge in [-0.25, -0.2) is 9.97 Å². The average Bonchev–Trinajstić information content (AvgIpc) is 2.77. The van der Waals surface area contributed by atoms with Gasteiger partial charge in [0.05, 0.1) is 25.0 Å². The summed E-state index contributed by atoms with van der Waals surface area (Å²) in [5.74, 6) is 2.17. The molecule has 3 N–H and O–H groups in total. The fraction of sp³-hybridized carbons (Fsp3) is 0.522. The summed E-state index contributed by atoms with van der Waals surface area (Å²) in [7, 11) is 3.98. The van der Waals surface area contributed by atoms with Gasteiger partial charge in [0, 0.05) is 38.4 Å². The second kappa shape index (κ2) is 9.20. The zero-order chi connectivity index (χ0) is 22.0.